The predicted molar refractivity (Wildman–Crippen MR) is 83.4 cm³/mol. The highest BCUT2D eigenvalue weighted by atomic mass is 31.2. The molecule has 0 spiro atoms. The summed E-state index contributed by atoms with van der Waals surface area (Å²) in [6.07, 6.45) is 2.25. The molecular weight excluding hydrogens is 303 g/mol. The van der Waals surface area contributed by atoms with Crippen molar-refractivity contribution in [2.24, 2.45) is 5.92 Å². The minimum absolute atomic E-state index is 0.0324. The number of carbonyl (C=O) groups is 1. The van der Waals surface area contributed by atoms with Crippen molar-refractivity contribution >= 4 is 13.6 Å². The minimum atomic E-state index is -3.57. The van der Waals surface area contributed by atoms with Crippen LogP contribution in [0.15, 0.2) is 41.9 Å². The molecule has 0 bridgehead atoms. The van der Waals surface area contributed by atoms with Crippen LogP contribution in [0, 0.1) is 5.92 Å². The Morgan fingerprint density at radius 3 is 2.27 bits per heavy atom. The van der Waals surface area contributed by atoms with E-state index in [9.17, 15) is 9.36 Å². The first-order chi connectivity index (χ1) is 10.4. The molecule has 0 unspecified atom stereocenters. The fraction of sp³-hybridized carbons (Fsp3) is 0.438. The zero-order valence-electron chi connectivity index (χ0n) is 13.2. The van der Waals surface area contributed by atoms with Gasteiger partial charge in [-0.1, -0.05) is 44.2 Å². The van der Waals surface area contributed by atoms with E-state index in [1.54, 1.807) is 6.08 Å². The third-order valence-electron chi connectivity index (χ3n) is 4.33. The highest BCUT2D eigenvalue weighted by Crippen LogP contribution is 2.58. The number of rotatable bonds is 5. The summed E-state index contributed by atoms with van der Waals surface area (Å²) in [4.78, 5) is 12.8. The van der Waals surface area contributed by atoms with Crippen LogP contribution in [-0.2, 0) is 28.6 Å². The lowest BCUT2D eigenvalue weighted by Gasteiger charge is -2.39. The van der Waals surface area contributed by atoms with Crippen LogP contribution in [0.3, 0.4) is 0 Å². The summed E-state index contributed by atoms with van der Waals surface area (Å²) in [5.74, 6) is -0.629. The molecule has 0 amide bonds. The van der Waals surface area contributed by atoms with Gasteiger partial charge in [0.05, 0.1) is 5.41 Å². The topological polar surface area (TPSA) is 61.8 Å². The molecule has 0 N–H and O–H groups in total. The summed E-state index contributed by atoms with van der Waals surface area (Å²) in [6.45, 7) is 3.85. The Bertz CT molecular complexity index is 617. The van der Waals surface area contributed by atoms with Gasteiger partial charge in [-0.25, -0.2) is 0 Å². The van der Waals surface area contributed by atoms with Gasteiger partial charge in [-0.2, -0.15) is 0 Å². The van der Waals surface area contributed by atoms with E-state index in [4.69, 9.17) is 13.8 Å². The van der Waals surface area contributed by atoms with E-state index in [0.29, 0.717) is 6.42 Å². The van der Waals surface area contributed by atoms with Gasteiger partial charge in [-0.05, 0) is 24.0 Å². The molecule has 22 heavy (non-hydrogen) atoms. The minimum Gasteiger partial charge on any atom is -0.417 e. The molecule has 1 aliphatic rings. The van der Waals surface area contributed by atoms with E-state index in [0.717, 1.165) is 5.56 Å². The number of esters is 1. The molecule has 0 saturated heterocycles. The lowest BCUT2D eigenvalue weighted by molar-refractivity contribution is -0.149. The van der Waals surface area contributed by atoms with Crippen molar-refractivity contribution in [3.63, 3.8) is 0 Å². The molecule has 0 saturated carbocycles. The largest absolute Gasteiger partial charge is 0.417 e. The summed E-state index contributed by atoms with van der Waals surface area (Å²) in [6, 6.07) is 9.50. The average Bonchev–Trinajstić information content (AvgIpc) is 2.55. The fourth-order valence-electron chi connectivity index (χ4n) is 2.95. The Labute approximate surface area is 130 Å². The SMILES string of the molecule is CC[C@@]1(c2ccccc2)C(=O)OC(P(=O)(OC)OC)=C[C@H]1C. The number of hydrogen-bond acceptors (Lipinski definition) is 5. The summed E-state index contributed by atoms with van der Waals surface area (Å²) in [7, 11) is -1.04. The van der Waals surface area contributed by atoms with Crippen molar-refractivity contribution in [1.82, 2.24) is 0 Å². The average molecular weight is 324 g/mol. The molecule has 1 aliphatic heterocycles. The van der Waals surface area contributed by atoms with E-state index in [1.807, 2.05) is 44.2 Å². The zero-order chi connectivity index (χ0) is 16.4. The molecule has 2 rings (SSSR count). The molecule has 0 fully saturated rings. The maximum Gasteiger partial charge on any atom is 0.395 e. The van der Waals surface area contributed by atoms with Crippen molar-refractivity contribution in [2.45, 2.75) is 25.7 Å². The van der Waals surface area contributed by atoms with E-state index in [1.165, 1.54) is 14.2 Å². The third kappa shape index (κ3) is 2.54. The first-order valence-corrected chi connectivity index (χ1v) is 8.70. The van der Waals surface area contributed by atoms with Crippen LogP contribution in [0.5, 0.6) is 0 Å². The Hall–Kier alpha value is -1.42. The molecule has 0 radical (unpaired) electrons. The molecule has 1 aromatic rings. The molecular formula is C16H21O5P. The first-order valence-electron chi connectivity index (χ1n) is 7.16. The third-order valence-corrected chi connectivity index (χ3v) is 6.07. The molecule has 120 valence electrons. The van der Waals surface area contributed by atoms with Crippen molar-refractivity contribution in [3.05, 3.63) is 47.5 Å². The van der Waals surface area contributed by atoms with Crippen molar-refractivity contribution in [3.8, 4) is 0 Å². The predicted octanol–water partition coefficient (Wildman–Crippen LogP) is 3.85. The highest BCUT2D eigenvalue weighted by molar-refractivity contribution is 7.58. The second-order valence-electron chi connectivity index (χ2n) is 5.24. The normalized spacial score (nSPS) is 25.5. The molecule has 6 heteroatoms. The number of ether oxygens (including phenoxy) is 1. The number of allylic oxidation sites excluding steroid dienone is 1. The zero-order valence-corrected chi connectivity index (χ0v) is 14.1. The van der Waals surface area contributed by atoms with Crippen LogP contribution in [0.1, 0.15) is 25.8 Å². The van der Waals surface area contributed by atoms with Gasteiger partial charge >= 0.3 is 13.6 Å². The maximum absolute atomic E-state index is 12.8. The standard InChI is InChI=1S/C16H21O5P/c1-5-16(13-9-7-6-8-10-13)12(2)11-14(21-15(16)17)22(18,19-3)20-4/h6-12H,5H2,1-4H3/t12-,16-/m1/s1. The van der Waals surface area contributed by atoms with Crippen molar-refractivity contribution < 1.29 is 23.1 Å². The lowest BCUT2D eigenvalue weighted by Crippen LogP contribution is -2.44. The lowest BCUT2D eigenvalue weighted by atomic mass is 9.68. The molecule has 1 heterocycles. The highest BCUT2D eigenvalue weighted by Gasteiger charge is 2.50. The summed E-state index contributed by atoms with van der Waals surface area (Å²) in [5.41, 5.74) is 0.0573. The van der Waals surface area contributed by atoms with E-state index in [2.05, 4.69) is 0 Å². The van der Waals surface area contributed by atoms with Crippen molar-refractivity contribution in [1.29, 1.82) is 0 Å². The van der Waals surface area contributed by atoms with Crippen LogP contribution in [0.2, 0.25) is 0 Å². The van der Waals surface area contributed by atoms with Crippen LogP contribution >= 0.6 is 7.60 Å². The smallest absolute Gasteiger partial charge is 0.395 e. The number of benzene rings is 1. The molecule has 1 aromatic carbocycles. The van der Waals surface area contributed by atoms with Gasteiger partial charge in [0.25, 0.3) is 0 Å². The molecule has 5 nitrogen and oxygen atoms in total. The summed E-state index contributed by atoms with van der Waals surface area (Å²) in [5, 5.41) is 0. The molecule has 0 aliphatic carbocycles. The number of cyclic esters (lactones) is 1. The van der Waals surface area contributed by atoms with Gasteiger partial charge in [-0.3, -0.25) is 9.36 Å². The maximum atomic E-state index is 12.8. The van der Waals surface area contributed by atoms with Gasteiger partial charge in [0.1, 0.15) is 0 Å². The quantitative estimate of drug-likeness (QED) is 0.608. The Morgan fingerprint density at radius 1 is 1.23 bits per heavy atom. The monoisotopic (exact) mass is 324 g/mol. The first kappa shape index (κ1) is 16.9. The molecule has 0 aromatic heterocycles. The van der Waals surface area contributed by atoms with E-state index in [-0.39, 0.29) is 11.4 Å². The van der Waals surface area contributed by atoms with Gasteiger partial charge in [0.15, 0.2) is 0 Å². The Kier molecular flexibility index (Phi) is 4.90. The number of carbonyl (C=O) groups excluding carboxylic acids is 1. The summed E-state index contributed by atoms with van der Waals surface area (Å²) >= 11 is 0. The van der Waals surface area contributed by atoms with E-state index < -0.39 is 19.0 Å². The molecule has 2 atom stereocenters. The van der Waals surface area contributed by atoms with Gasteiger partial charge in [0.2, 0.25) is 5.50 Å². The van der Waals surface area contributed by atoms with Crippen LogP contribution in [0.4, 0.5) is 0 Å². The Morgan fingerprint density at radius 2 is 1.82 bits per heavy atom. The van der Waals surface area contributed by atoms with Crippen LogP contribution in [0.25, 0.3) is 0 Å². The van der Waals surface area contributed by atoms with E-state index >= 15 is 0 Å². The Balaban J connectivity index is 2.52. The van der Waals surface area contributed by atoms with Crippen LogP contribution < -0.4 is 0 Å². The second-order valence-corrected chi connectivity index (χ2v) is 7.40. The van der Waals surface area contributed by atoms with Gasteiger partial charge < -0.3 is 13.8 Å². The van der Waals surface area contributed by atoms with Crippen molar-refractivity contribution in [2.75, 3.05) is 14.2 Å². The second kappa shape index (κ2) is 6.37. The number of hydrogen-bond donors (Lipinski definition) is 0. The van der Waals surface area contributed by atoms with Crippen LogP contribution in [-0.4, -0.2) is 20.2 Å². The summed E-state index contributed by atoms with van der Waals surface area (Å²) < 4.78 is 27.7. The van der Waals surface area contributed by atoms with Gasteiger partial charge in [-0.15, -0.1) is 0 Å². The fourth-order valence-corrected chi connectivity index (χ4v) is 4.06. The van der Waals surface area contributed by atoms with Gasteiger partial charge in [0, 0.05) is 14.2 Å².